The summed E-state index contributed by atoms with van der Waals surface area (Å²) in [7, 11) is 0. The summed E-state index contributed by atoms with van der Waals surface area (Å²) in [5.41, 5.74) is 3.08. The second-order valence-corrected chi connectivity index (χ2v) is 6.91. The molecule has 3 aromatic rings. The predicted octanol–water partition coefficient (Wildman–Crippen LogP) is 3.89. The molecule has 3 rings (SSSR count). The number of carbonyl (C=O) groups excluding carboxylic acids is 1. The van der Waals surface area contributed by atoms with E-state index >= 15 is 0 Å². The van der Waals surface area contributed by atoms with Gasteiger partial charge in [-0.1, -0.05) is 30.3 Å². The van der Waals surface area contributed by atoms with Gasteiger partial charge in [0.25, 0.3) is 0 Å². The van der Waals surface area contributed by atoms with Crippen molar-refractivity contribution in [2.24, 2.45) is 0 Å². The van der Waals surface area contributed by atoms with Crippen molar-refractivity contribution in [2.75, 3.05) is 0 Å². The van der Waals surface area contributed by atoms with E-state index < -0.39 is 0 Å². The number of benzene rings is 1. The van der Waals surface area contributed by atoms with Crippen LogP contribution in [0.5, 0.6) is 0 Å². The molecule has 0 aliphatic heterocycles. The standard InChI is InChI=1S/C20H21N3OS/c1-15(9-10-16-6-3-2-4-7-16)22-19(24)12-18-14-25-20(23-18)17-8-5-11-21-13-17/h2-8,11,13-15H,9-10,12H2,1H3,(H,22,24). The molecule has 0 spiro atoms. The number of rotatable bonds is 7. The van der Waals surface area contributed by atoms with E-state index in [-0.39, 0.29) is 11.9 Å². The van der Waals surface area contributed by atoms with E-state index in [1.165, 1.54) is 16.9 Å². The van der Waals surface area contributed by atoms with Crippen LogP contribution in [0.2, 0.25) is 0 Å². The van der Waals surface area contributed by atoms with E-state index in [1.54, 1.807) is 12.4 Å². The minimum absolute atomic E-state index is 0.0172. The first-order chi connectivity index (χ1) is 12.2. The largest absolute Gasteiger partial charge is 0.353 e. The highest BCUT2D eigenvalue weighted by Gasteiger charge is 2.11. The van der Waals surface area contributed by atoms with E-state index in [4.69, 9.17) is 0 Å². The van der Waals surface area contributed by atoms with Crippen LogP contribution < -0.4 is 5.32 Å². The molecule has 5 heteroatoms. The van der Waals surface area contributed by atoms with Crippen LogP contribution in [-0.2, 0) is 17.6 Å². The highest BCUT2D eigenvalue weighted by Crippen LogP contribution is 2.22. The minimum Gasteiger partial charge on any atom is -0.353 e. The zero-order chi connectivity index (χ0) is 17.5. The van der Waals surface area contributed by atoms with Crippen LogP contribution in [0, 0.1) is 0 Å². The van der Waals surface area contributed by atoms with Crippen molar-refractivity contribution >= 4 is 17.2 Å². The molecule has 1 N–H and O–H groups in total. The summed E-state index contributed by atoms with van der Waals surface area (Å²) < 4.78 is 0. The Morgan fingerprint density at radius 2 is 2.04 bits per heavy atom. The van der Waals surface area contributed by atoms with Crippen LogP contribution >= 0.6 is 11.3 Å². The lowest BCUT2D eigenvalue weighted by atomic mass is 10.1. The van der Waals surface area contributed by atoms with Crippen LogP contribution in [0.15, 0.2) is 60.2 Å². The molecule has 1 amide bonds. The second kappa shape index (κ2) is 8.53. The lowest BCUT2D eigenvalue weighted by Crippen LogP contribution is -2.34. The van der Waals surface area contributed by atoms with Crippen molar-refractivity contribution in [3.63, 3.8) is 0 Å². The van der Waals surface area contributed by atoms with Gasteiger partial charge >= 0.3 is 0 Å². The SMILES string of the molecule is CC(CCc1ccccc1)NC(=O)Cc1csc(-c2cccnc2)n1. The topological polar surface area (TPSA) is 54.9 Å². The fraction of sp³-hybridized carbons (Fsp3) is 0.250. The Labute approximate surface area is 152 Å². The Hall–Kier alpha value is -2.53. The van der Waals surface area contributed by atoms with Crippen LogP contribution in [-0.4, -0.2) is 21.9 Å². The van der Waals surface area contributed by atoms with Gasteiger partial charge in [-0.3, -0.25) is 9.78 Å². The molecule has 25 heavy (non-hydrogen) atoms. The molecule has 0 aliphatic carbocycles. The van der Waals surface area contributed by atoms with Crippen LogP contribution in [0.1, 0.15) is 24.6 Å². The van der Waals surface area contributed by atoms with Crippen molar-refractivity contribution < 1.29 is 4.79 Å². The van der Waals surface area contributed by atoms with Gasteiger partial charge in [0, 0.05) is 29.4 Å². The van der Waals surface area contributed by atoms with Crippen molar-refractivity contribution in [3.05, 3.63) is 71.5 Å². The van der Waals surface area contributed by atoms with Crippen molar-refractivity contribution in [1.82, 2.24) is 15.3 Å². The molecular formula is C20H21N3OS. The summed E-state index contributed by atoms with van der Waals surface area (Å²) in [5, 5.41) is 5.90. The van der Waals surface area contributed by atoms with Gasteiger partial charge in [0.1, 0.15) is 5.01 Å². The number of thiazole rings is 1. The van der Waals surface area contributed by atoms with E-state index in [0.717, 1.165) is 29.1 Å². The molecule has 0 radical (unpaired) electrons. The summed E-state index contributed by atoms with van der Waals surface area (Å²) in [4.78, 5) is 20.9. The van der Waals surface area contributed by atoms with Crippen molar-refractivity contribution in [1.29, 1.82) is 0 Å². The highest BCUT2D eigenvalue weighted by atomic mass is 32.1. The monoisotopic (exact) mass is 351 g/mol. The van der Waals surface area contributed by atoms with E-state index in [2.05, 4.69) is 27.4 Å². The molecule has 0 saturated heterocycles. The van der Waals surface area contributed by atoms with Gasteiger partial charge in [0.2, 0.25) is 5.91 Å². The summed E-state index contributed by atoms with van der Waals surface area (Å²) in [6, 6.07) is 14.3. The predicted molar refractivity (Wildman–Crippen MR) is 101 cm³/mol. The molecule has 4 nitrogen and oxygen atoms in total. The normalized spacial score (nSPS) is 11.9. The number of hydrogen-bond acceptors (Lipinski definition) is 4. The summed E-state index contributed by atoms with van der Waals surface area (Å²) in [6.07, 6.45) is 5.72. The third-order valence-corrected chi connectivity index (χ3v) is 4.86. The Kier molecular flexibility index (Phi) is 5.90. The number of aromatic nitrogens is 2. The van der Waals surface area contributed by atoms with Gasteiger partial charge in [-0.05, 0) is 37.5 Å². The molecule has 0 saturated carbocycles. The number of nitrogens with one attached hydrogen (secondary N) is 1. The first-order valence-corrected chi connectivity index (χ1v) is 9.27. The number of hydrogen-bond donors (Lipinski definition) is 1. The second-order valence-electron chi connectivity index (χ2n) is 6.06. The van der Waals surface area contributed by atoms with Gasteiger partial charge in [0.05, 0.1) is 12.1 Å². The fourth-order valence-corrected chi connectivity index (χ4v) is 3.41. The van der Waals surface area contributed by atoms with Crippen molar-refractivity contribution in [3.8, 4) is 10.6 Å². The van der Waals surface area contributed by atoms with Gasteiger partial charge in [-0.15, -0.1) is 11.3 Å². The summed E-state index contributed by atoms with van der Waals surface area (Å²) >= 11 is 1.54. The maximum absolute atomic E-state index is 12.2. The lowest BCUT2D eigenvalue weighted by molar-refractivity contribution is -0.121. The minimum atomic E-state index is 0.0172. The summed E-state index contributed by atoms with van der Waals surface area (Å²) in [6.45, 7) is 2.04. The van der Waals surface area contributed by atoms with E-state index in [9.17, 15) is 4.79 Å². The van der Waals surface area contributed by atoms with Crippen LogP contribution in [0.3, 0.4) is 0 Å². The van der Waals surface area contributed by atoms with Gasteiger partial charge in [-0.2, -0.15) is 0 Å². The Morgan fingerprint density at radius 3 is 2.80 bits per heavy atom. The molecule has 1 unspecified atom stereocenters. The average Bonchev–Trinajstić information content (AvgIpc) is 3.10. The van der Waals surface area contributed by atoms with Crippen LogP contribution in [0.4, 0.5) is 0 Å². The third-order valence-electron chi connectivity index (χ3n) is 3.92. The number of amides is 1. The molecule has 2 heterocycles. The smallest absolute Gasteiger partial charge is 0.226 e. The maximum atomic E-state index is 12.2. The Morgan fingerprint density at radius 1 is 1.20 bits per heavy atom. The summed E-state index contributed by atoms with van der Waals surface area (Å²) in [5.74, 6) is 0.0172. The maximum Gasteiger partial charge on any atom is 0.226 e. The molecule has 0 fully saturated rings. The molecular weight excluding hydrogens is 330 g/mol. The first-order valence-electron chi connectivity index (χ1n) is 8.39. The molecule has 2 aromatic heterocycles. The molecule has 128 valence electrons. The van der Waals surface area contributed by atoms with Crippen LogP contribution in [0.25, 0.3) is 10.6 Å². The quantitative estimate of drug-likeness (QED) is 0.703. The number of carbonyl (C=O) groups is 1. The van der Waals surface area contributed by atoms with E-state index in [0.29, 0.717) is 6.42 Å². The van der Waals surface area contributed by atoms with E-state index in [1.807, 2.05) is 42.6 Å². The zero-order valence-corrected chi connectivity index (χ0v) is 15.0. The molecule has 0 aliphatic rings. The molecule has 1 atom stereocenters. The van der Waals surface area contributed by atoms with Gasteiger partial charge < -0.3 is 5.32 Å². The van der Waals surface area contributed by atoms with Gasteiger partial charge in [-0.25, -0.2) is 4.98 Å². The highest BCUT2D eigenvalue weighted by molar-refractivity contribution is 7.13. The van der Waals surface area contributed by atoms with Crippen molar-refractivity contribution in [2.45, 2.75) is 32.2 Å². The number of aryl methyl sites for hydroxylation is 1. The third kappa shape index (κ3) is 5.22. The number of pyridine rings is 1. The van der Waals surface area contributed by atoms with Gasteiger partial charge in [0.15, 0.2) is 0 Å². The zero-order valence-electron chi connectivity index (χ0n) is 14.2. The number of nitrogens with zero attached hydrogens (tertiary/aromatic N) is 2. The molecule has 1 aromatic carbocycles. The first kappa shape index (κ1) is 17.3. The average molecular weight is 351 g/mol. The molecule has 0 bridgehead atoms. The Bertz CT molecular complexity index is 802. The fourth-order valence-electron chi connectivity index (χ4n) is 2.60. The Balaban J connectivity index is 1.48. The lowest BCUT2D eigenvalue weighted by Gasteiger charge is -2.13.